The van der Waals surface area contributed by atoms with Gasteiger partial charge in [-0.1, -0.05) is 37.6 Å². The fraction of sp³-hybridized carbons (Fsp3) is 0.370. The fourth-order valence-corrected chi connectivity index (χ4v) is 4.16. The van der Waals surface area contributed by atoms with Gasteiger partial charge in [0.25, 0.3) is 5.91 Å². The number of hydrogen-bond donors (Lipinski definition) is 1. The molecule has 180 valence electrons. The lowest BCUT2D eigenvalue weighted by Crippen LogP contribution is -2.38. The van der Waals surface area contributed by atoms with Crippen molar-refractivity contribution in [1.29, 1.82) is 0 Å². The number of nitrogens with zero attached hydrogens (tertiary/aromatic N) is 1. The summed E-state index contributed by atoms with van der Waals surface area (Å²) in [6.45, 7) is 6.48. The van der Waals surface area contributed by atoms with E-state index < -0.39 is 17.7 Å². The molecule has 1 atom stereocenters. The van der Waals surface area contributed by atoms with Crippen LogP contribution < -0.4 is 5.32 Å². The molecule has 1 unspecified atom stereocenters. The van der Waals surface area contributed by atoms with Gasteiger partial charge in [-0.25, -0.2) is 9.18 Å². The Balaban J connectivity index is 1.91. The number of rotatable bonds is 9. The van der Waals surface area contributed by atoms with E-state index in [1.165, 1.54) is 17.0 Å². The molecule has 1 aliphatic heterocycles. The highest BCUT2D eigenvalue weighted by molar-refractivity contribution is 5.96. The van der Waals surface area contributed by atoms with Crippen LogP contribution in [0.5, 0.6) is 0 Å². The minimum atomic E-state index is -0.589. The van der Waals surface area contributed by atoms with E-state index in [2.05, 4.69) is 12.2 Å². The highest BCUT2D eigenvalue weighted by Crippen LogP contribution is 2.38. The first-order valence-electron chi connectivity index (χ1n) is 11.7. The molecule has 0 radical (unpaired) electrons. The summed E-state index contributed by atoms with van der Waals surface area (Å²) in [5.41, 5.74) is 2.66. The SMILES string of the molecule is CCCCNC(=O)c1cccc(CN2C(=O)CC(c3cccc(F)c3)C(C(=O)OCC)=C2C)c1. The first-order chi connectivity index (χ1) is 16.3. The van der Waals surface area contributed by atoms with E-state index in [9.17, 15) is 18.8 Å². The molecule has 2 aromatic carbocycles. The molecule has 0 bridgehead atoms. The third-order valence-electron chi connectivity index (χ3n) is 5.92. The van der Waals surface area contributed by atoms with Crippen LogP contribution in [0.1, 0.15) is 67.4 Å². The van der Waals surface area contributed by atoms with Crippen molar-refractivity contribution in [2.45, 2.75) is 52.5 Å². The highest BCUT2D eigenvalue weighted by atomic mass is 19.1. The minimum Gasteiger partial charge on any atom is -0.463 e. The van der Waals surface area contributed by atoms with Crippen molar-refractivity contribution in [2.24, 2.45) is 0 Å². The Hall–Kier alpha value is -3.48. The Morgan fingerprint density at radius 2 is 1.91 bits per heavy atom. The number of nitrogens with one attached hydrogen (secondary N) is 1. The van der Waals surface area contributed by atoms with Gasteiger partial charge in [0, 0.05) is 30.1 Å². The van der Waals surface area contributed by atoms with Gasteiger partial charge in [0.05, 0.1) is 18.7 Å². The van der Waals surface area contributed by atoms with Crippen LogP contribution in [0, 0.1) is 5.82 Å². The topological polar surface area (TPSA) is 75.7 Å². The molecule has 7 heteroatoms. The van der Waals surface area contributed by atoms with Gasteiger partial charge in [0.2, 0.25) is 5.91 Å². The lowest BCUT2D eigenvalue weighted by atomic mass is 9.83. The number of amides is 2. The first-order valence-corrected chi connectivity index (χ1v) is 11.7. The standard InChI is InChI=1S/C27H31FN2O4/c1-4-6-13-29-26(32)21-11-7-9-19(14-21)17-30-18(3)25(27(33)34-5-2)23(16-24(30)31)20-10-8-12-22(28)15-20/h7-12,14-15,23H,4-6,13,16-17H2,1-3H3,(H,29,32). The molecule has 0 aromatic heterocycles. The molecule has 0 spiro atoms. The van der Waals surface area contributed by atoms with Gasteiger partial charge in [-0.3, -0.25) is 9.59 Å². The van der Waals surface area contributed by atoms with Crippen LogP contribution in [0.15, 0.2) is 59.8 Å². The number of carbonyl (C=O) groups excluding carboxylic acids is 3. The Kier molecular flexibility index (Phi) is 8.57. The van der Waals surface area contributed by atoms with E-state index >= 15 is 0 Å². The average Bonchev–Trinajstić information content (AvgIpc) is 2.81. The Morgan fingerprint density at radius 1 is 1.15 bits per heavy atom. The number of benzene rings is 2. The molecule has 1 heterocycles. The fourth-order valence-electron chi connectivity index (χ4n) is 4.16. The summed E-state index contributed by atoms with van der Waals surface area (Å²) in [5, 5.41) is 2.89. The molecular weight excluding hydrogens is 435 g/mol. The molecule has 34 heavy (non-hydrogen) atoms. The van der Waals surface area contributed by atoms with Crippen molar-refractivity contribution in [2.75, 3.05) is 13.2 Å². The third-order valence-corrected chi connectivity index (χ3v) is 5.92. The molecule has 6 nitrogen and oxygen atoms in total. The second kappa shape index (κ2) is 11.6. The number of allylic oxidation sites excluding steroid dienone is 1. The normalized spacial score (nSPS) is 15.9. The second-order valence-electron chi connectivity index (χ2n) is 8.32. The van der Waals surface area contributed by atoms with Crippen LogP contribution >= 0.6 is 0 Å². The van der Waals surface area contributed by atoms with E-state index in [-0.39, 0.29) is 31.4 Å². The van der Waals surface area contributed by atoms with E-state index in [0.29, 0.717) is 28.9 Å². The summed E-state index contributed by atoms with van der Waals surface area (Å²) >= 11 is 0. The van der Waals surface area contributed by atoms with Crippen LogP contribution in [-0.4, -0.2) is 35.8 Å². The quantitative estimate of drug-likeness (QED) is 0.429. The maximum absolute atomic E-state index is 13.9. The lowest BCUT2D eigenvalue weighted by molar-refractivity contribution is -0.140. The zero-order chi connectivity index (χ0) is 24.7. The number of unbranched alkanes of at least 4 members (excludes halogenated alkanes) is 1. The first kappa shape index (κ1) is 25.1. The van der Waals surface area contributed by atoms with Crippen LogP contribution in [0.2, 0.25) is 0 Å². The lowest BCUT2D eigenvalue weighted by Gasteiger charge is -2.34. The molecule has 1 aliphatic rings. The summed E-state index contributed by atoms with van der Waals surface area (Å²) in [6.07, 6.45) is 1.91. The van der Waals surface area contributed by atoms with Gasteiger partial charge < -0.3 is 15.0 Å². The van der Waals surface area contributed by atoms with Gasteiger partial charge >= 0.3 is 5.97 Å². The predicted octanol–water partition coefficient (Wildman–Crippen LogP) is 4.71. The Morgan fingerprint density at radius 3 is 2.62 bits per heavy atom. The van der Waals surface area contributed by atoms with Crippen LogP contribution in [0.4, 0.5) is 4.39 Å². The van der Waals surface area contributed by atoms with E-state index in [4.69, 9.17) is 4.74 Å². The Bertz CT molecular complexity index is 1100. The number of carbonyl (C=O) groups is 3. The molecule has 1 N–H and O–H groups in total. The maximum Gasteiger partial charge on any atom is 0.336 e. The number of halogens is 1. The monoisotopic (exact) mass is 466 g/mol. The van der Waals surface area contributed by atoms with Gasteiger partial charge in [-0.2, -0.15) is 0 Å². The summed E-state index contributed by atoms with van der Waals surface area (Å²) < 4.78 is 19.2. The molecule has 3 rings (SSSR count). The number of ether oxygens (including phenoxy) is 1. The predicted molar refractivity (Wildman–Crippen MR) is 127 cm³/mol. The molecule has 0 aliphatic carbocycles. The molecule has 0 saturated carbocycles. The van der Waals surface area contributed by atoms with Crippen molar-refractivity contribution in [1.82, 2.24) is 10.2 Å². The highest BCUT2D eigenvalue weighted by Gasteiger charge is 2.37. The molecular formula is C27H31FN2O4. The number of esters is 1. The number of hydrogen-bond acceptors (Lipinski definition) is 4. The van der Waals surface area contributed by atoms with Gasteiger partial charge in [-0.15, -0.1) is 0 Å². The summed E-state index contributed by atoms with van der Waals surface area (Å²) in [6, 6.07) is 13.1. The molecule has 2 amide bonds. The van der Waals surface area contributed by atoms with Gasteiger partial charge in [-0.05, 0) is 55.7 Å². The van der Waals surface area contributed by atoms with Crippen molar-refractivity contribution in [3.8, 4) is 0 Å². The summed E-state index contributed by atoms with van der Waals surface area (Å²) in [5.74, 6) is -1.88. The van der Waals surface area contributed by atoms with Crippen LogP contribution in [-0.2, 0) is 20.9 Å². The van der Waals surface area contributed by atoms with E-state index in [1.54, 1.807) is 44.2 Å². The summed E-state index contributed by atoms with van der Waals surface area (Å²) in [4.78, 5) is 40.0. The van der Waals surface area contributed by atoms with Crippen molar-refractivity contribution < 1.29 is 23.5 Å². The van der Waals surface area contributed by atoms with Crippen molar-refractivity contribution in [3.63, 3.8) is 0 Å². The zero-order valence-electron chi connectivity index (χ0n) is 19.9. The minimum absolute atomic E-state index is 0.0200. The Labute approximate surface area is 199 Å². The average molecular weight is 467 g/mol. The van der Waals surface area contributed by atoms with Crippen molar-refractivity contribution in [3.05, 3.63) is 82.3 Å². The second-order valence-corrected chi connectivity index (χ2v) is 8.32. The third kappa shape index (κ3) is 5.90. The smallest absolute Gasteiger partial charge is 0.336 e. The maximum atomic E-state index is 13.9. The van der Waals surface area contributed by atoms with Crippen LogP contribution in [0.25, 0.3) is 0 Å². The zero-order valence-corrected chi connectivity index (χ0v) is 19.9. The van der Waals surface area contributed by atoms with E-state index in [0.717, 1.165) is 18.4 Å². The van der Waals surface area contributed by atoms with Crippen LogP contribution in [0.3, 0.4) is 0 Å². The van der Waals surface area contributed by atoms with Gasteiger partial charge in [0.15, 0.2) is 0 Å². The molecule has 2 aromatic rings. The largest absolute Gasteiger partial charge is 0.463 e. The van der Waals surface area contributed by atoms with Gasteiger partial charge in [0.1, 0.15) is 5.82 Å². The van der Waals surface area contributed by atoms with E-state index in [1.807, 2.05) is 6.07 Å². The van der Waals surface area contributed by atoms with Crippen molar-refractivity contribution >= 4 is 17.8 Å². The molecule has 0 fully saturated rings. The summed E-state index contributed by atoms with van der Waals surface area (Å²) in [7, 11) is 0. The molecule has 0 saturated heterocycles.